The molecule has 0 aromatic carbocycles. The fourth-order valence-electron chi connectivity index (χ4n) is 7.87. The third-order valence-corrected chi connectivity index (χ3v) is 9.23. The van der Waals surface area contributed by atoms with E-state index in [1.54, 1.807) is 0 Å². The monoisotopic (exact) mass is 331 g/mol. The maximum Gasteiger partial charge on any atom is 0 e. The molecule has 0 saturated heterocycles. The SMILES string of the molecule is CC12CCCCC=C1CCC1C2CCC2(C)C(CCCN)CCC12.[HH]. The van der Waals surface area contributed by atoms with Gasteiger partial charge >= 0.3 is 0 Å². The lowest BCUT2D eigenvalue weighted by atomic mass is 9.47. The summed E-state index contributed by atoms with van der Waals surface area (Å²) in [5.74, 6) is 3.99. The number of hydrogen-bond acceptors (Lipinski definition) is 1. The summed E-state index contributed by atoms with van der Waals surface area (Å²) in [5.41, 5.74) is 8.88. The molecule has 3 fully saturated rings. The molecular weight excluding hydrogens is 290 g/mol. The minimum absolute atomic E-state index is 0. The number of fused-ring (bicyclic) bond motifs is 5. The van der Waals surface area contributed by atoms with E-state index in [2.05, 4.69) is 19.9 Å². The minimum Gasteiger partial charge on any atom is -0.330 e. The molecule has 0 aromatic rings. The zero-order chi connectivity index (χ0) is 16.8. The van der Waals surface area contributed by atoms with E-state index in [1.165, 1.54) is 77.0 Å². The third-order valence-electron chi connectivity index (χ3n) is 9.23. The van der Waals surface area contributed by atoms with Crippen LogP contribution in [0.25, 0.3) is 0 Å². The van der Waals surface area contributed by atoms with E-state index in [1.807, 2.05) is 5.57 Å². The highest BCUT2D eigenvalue weighted by Crippen LogP contribution is 2.66. The molecule has 6 atom stereocenters. The van der Waals surface area contributed by atoms with Gasteiger partial charge in [-0.2, -0.15) is 0 Å². The molecule has 0 bridgehead atoms. The Morgan fingerprint density at radius 2 is 1.96 bits per heavy atom. The number of allylic oxidation sites excluding steroid dienone is 2. The maximum absolute atomic E-state index is 5.82. The van der Waals surface area contributed by atoms with Crippen molar-refractivity contribution in [1.29, 1.82) is 0 Å². The van der Waals surface area contributed by atoms with E-state index in [4.69, 9.17) is 5.73 Å². The molecule has 0 aromatic heterocycles. The molecule has 6 unspecified atom stereocenters. The van der Waals surface area contributed by atoms with Gasteiger partial charge in [0.05, 0.1) is 0 Å². The molecule has 4 aliphatic carbocycles. The van der Waals surface area contributed by atoms with Crippen LogP contribution in [0.1, 0.15) is 92.3 Å². The van der Waals surface area contributed by atoms with Crippen LogP contribution in [0.3, 0.4) is 0 Å². The van der Waals surface area contributed by atoms with Gasteiger partial charge in [-0.05, 0) is 112 Å². The number of rotatable bonds is 3. The molecule has 0 heterocycles. The van der Waals surface area contributed by atoms with Crippen LogP contribution in [0.4, 0.5) is 0 Å². The van der Waals surface area contributed by atoms with Gasteiger partial charge in [-0.25, -0.2) is 0 Å². The lowest BCUT2D eigenvalue weighted by Gasteiger charge is -2.57. The highest BCUT2D eigenvalue weighted by Gasteiger charge is 2.58. The molecule has 24 heavy (non-hydrogen) atoms. The van der Waals surface area contributed by atoms with E-state index >= 15 is 0 Å². The first-order valence-electron chi connectivity index (χ1n) is 11.0. The van der Waals surface area contributed by atoms with Crippen LogP contribution >= 0.6 is 0 Å². The van der Waals surface area contributed by atoms with Crippen molar-refractivity contribution in [2.75, 3.05) is 6.54 Å². The van der Waals surface area contributed by atoms with Gasteiger partial charge in [0.1, 0.15) is 0 Å². The first-order valence-corrected chi connectivity index (χ1v) is 11.0. The zero-order valence-corrected chi connectivity index (χ0v) is 16.2. The van der Waals surface area contributed by atoms with Crippen LogP contribution in [0.2, 0.25) is 0 Å². The van der Waals surface area contributed by atoms with Crippen LogP contribution in [-0.4, -0.2) is 6.54 Å². The molecule has 2 N–H and O–H groups in total. The smallest absolute Gasteiger partial charge is 0 e. The second-order valence-electron chi connectivity index (χ2n) is 10.1. The Bertz CT molecular complexity index is 500. The van der Waals surface area contributed by atoms with Gasteiger partial charge in [-0.1, -0.05) is 31.9 Å². The van der Waals surface area contributed by atoms with Gasteiger partial charge < -0.3 is 5.73 Å². The molecule has 0 aliphatic heterocycles. The largest absolute Gasteiger partial charge is 0.330 e. The lowest BCUT2D eigenvalue weighted by molar-refractivity contribution is -0.0500. The molecule has 4 aliphatic rings. The van der Waals surface area contributed by atoms with Crippen LogP contribution in [0.15, 0.2) is 11.6 Å². The zero-order valence-electron chi connectivity index (χ0n) is 16.2. The third kappa shape index (κ3) is 2.52. The normalized spacial score (nSPS) is 48.0. The summed E-state index contributed by atoms with van der Waals surface area (Å²) < 4.78 is 0. The highest BCUT2D eigenvalue weighted by atomic mass is 14.6. The van der Waals surface area contributed by atoms with Crippen molar-refractivity contribution in [3.05, 3.63) is 11.6 Å². The summed E-state index contributed by atoms with van der Waals surface area (Å²) in [6.45, 7) is 6.21. The van der Waals surface area contributed by atoms with E-state index in [-0.39, 0.29) is 1.43 Å². The second kappa shape index (κ2) is 6.45. The van der Waals surface area contributed by atoms with Crippen LogP contribution < -0.4 is 5.73 Å². The Morgan fingerprint density at radius 3 is 2.79 bits per heavy atom. The Labute approximate surface area is 151 Å². The van der Waals surface area contributed by atoms with E-state index < -0.39 is 0 Å². The van der Waals surface area contributed by atoms with Gasteiger partial charge in [-0.15, -0.1) is 0 Å². The molecule has 0 radical (unpaired) electrons. The van der Waals surface area contributed by atoms with Crippen molar-refractivity contribution >= 4 is 0 Å². The first-order chi connectivity index (χ1) is 11.6. The van der Waals surface area contributed by atoms with Crippen molar-refractivity contribution in [2.24, 2.45) is 40.2 Å². The molecule has 1 nitrogen and oxygen atoms in total. The van der Waals surface area contributed by atoms with Crippen LogP contribution in [0.5, 0.6) is 0 Å². The van der Waals surface area contributed by atoms with Gasteiger partial charge in [0.25, 0.3) is 0 Å². The predicted molar refractivity (Wildman–Crippen MR) is 105 cm³/mol. The Kier molecular flexibility index (Phi) is 4.61. The molecule has 1 heteroatoms. The van der Waals surface area contributed by atoms with Crippen molar-refractivity contribution in [3.8, 4) is 0 Å². The van der Waals surface area contributed by atoms with Gasteiger partial charge in [-0.3, -0.25) is 0 Å². The molecule has 3 saturated carbocycles. The second-order valence-corrected chi connectivity index (χ2v) is 10.1. The summed E-state index contributed by atoms with van der Waals surface area (Å²) in [4.78, 5) is 0. The van der Waals surface area contributed by atoms with E-state index in [9.17, 15) is 0 Å². The minimum atomic E-state index is 0. The number of nitrogens with two attached hydrogens (primary N) is 1. The summed E-state index contributed by atoms with van der Waals surface area (Å²) in [6, 6.07) is 0. The summed E-state index contributed by atoms with van der Waals surface area (Å²) in [6.07, 6.45) is 19.9. The Balaban J connectivity index is 0.00000182. The quantitative estimate of drug-likeness (QED) is 0.601. The van der Waals surface area contributed by atoms with E-state index in [0.717, 1.165) is 30.2 Å². The standard InChI is InChI=1S/C23H39N.H2/c1-22-14-5-3-4-7-17(22)9-11-19-20-12-10-18(8-6-16-24)23(20,2)15-13-21(19)22;/h7,18-21H,3-6,8-16,24H2,1-2H3;1H. The Morgan fingerprint density at radius 1 is 1.08 bits per heavy atom. The van der Waals surface area contributed by atoms with Crippen molar-refractivity contribution in [2.45, 2.75) is 90.9 Å². The predicted octanol–water partition coefficient (Wildman–Crippen LogP) is 6.33. The van der Waals surface area contributed by atoms with Gasteiger partial charge in [0, 0.05) is 1.43 Å². The molecule has 138 valence electrons. The molecular formula is C23H41N. The van der Waals surface area contributed by atoms with Crippen LogP contribution in [0, 0.1) is 34.5 Å². The fraction of sp³-hybridized carbons (Fsp3) is 0.913. The van der Waals surface area contributed by atoms with Gasteiger partial charge in [0.15, 0.2) is 0 Å². The number of hydrogen-bond donors (Lipinski definition) is 1. The molecule has 4 rings (SSSR count). The topological polar surface area (TPSA) is 26.0 Å². The summed E-state index contributed by atoms with van der Waals surface area (Å²) in [5, 5.41) is 0. The summed E-state index contributed by atoms with van der Waals surface area (Å²) in [7, 11) is 0. The Hall–Kier alpha value is -0.300. The maximum atomic E-state index is 5.82. The molecule has 0 spiro atoms. The van der Waals surface area contributed by atoms with E-state index in [0.29, 0.717) is 10.8 Å². The van der Waals surface area contributed by atoms with Gasteiger partial charge in [0.2, 0.25) is 0 Å². The van der Waals surface area contributed by atoms with Crippen molar-refractivity contribution < 1.29 is 1.43 Å². The van der Waals surface area contributed by atoms with Crippen molar-refractivity contribution in [1.82, 2.24) is 0 Å². The fourth-order valence-corrected chi connectivity index (χ4v) is 7.87. The average molecular weight is 332 g/mol. The first kappa shape index (κ1) is 17.1. The van der Waals surface area contributed by atoms with Crippen LogP contribution in [-0.2, 0) is 0 Å². The molecule has 0 amide bonds. The highest BCUT2D eigenvalue weighted by molar-refractivity contribution is 5.22. The average Bonchev–Trinajstić information content (AvgIpc) is 2.77. The summed E-state index contributed by atoms with van der Waals surface area (Å²) >= 11 is 0. The lowest BCUT2D eigenvalue weighted by Crippen LogP contribution is -2.49. The van der Waals surface area contributed by atoms with Crippen molar-refractivity contribution in [3.63, 3.8) is 0 Å².